The molecule has 5 heteroatoms. The maximum Gasteiger partial charge on any atom is 0.276 e. The fourth-order valence-corrected chi connectivity index (χ4v) is 4.34. The predicted octanol–water partition coefficient (Wildman–Crippen LogP) is 4.29. The van der Waals surface area contributed by atoms with Crippen LogP contribution >= 0.6 is 0 Å². The van der Waals surface area contributed by atoms with E-state index in [-0.39, 0.29) is 11.3 Å². The van der Waals surface area contributed by atoms with Crippen LogP contribution in [-0.2, 0) is 5.41 Å². The average Bonchev–Trinajstić information content (AvgIpc) is 3.13. The van der Waals surface area contributed by atoms with E-state index in [1.54, 1.807) is 6.07 Å². The Balaban J connectivity index is 1.25. The first-order chi connectivity index (χ1) is 14.2. The number of nitrogens with one attached hydrogen (secondary N) is 1. The quantitative estimate of drug-likeness (QED) is 0.734. The second-order valence-electron chi connectivity index (χ2n) is 7.66. The summed E-state index contributed by atoms with van der Waals surface area (Å²) in [4.78, 5) is 14.6. The highest BCUT2D eigenvalue weighted by Gasteiger charge is 2.38. The summed E-state index contributed by atoms with van der Waals surface area (Å²) in [5.74, 6) is 0.576. The van der Waals surface area contributed by atoms with Gasteiger partial charge in [-0.05, 0) is 48.2 Å². The highest BCUT2D eigenvalue weighted by Crippen LogP contribution is 2.44. The number of anilines is 2. The van der Waals surface area contributed by atoms with Gasteiger partial charge < -0.3 is 10.2 Å². The van der Waals surface area contributed by atoms with E-state index in [1.165, 1.54) is 11.1 Å². The van der Waals surface area contributed by atoms with Crippen LogP contribution < -0.4 is 10.2 Å². The molecular weight excluding hydrogens is 360 g/mol. The second kappa shape index (κ2) is 7.17. The number of aromatic nitrogens is 2. The molecule has 1 saturated heterocycles. The lowest BCUT2D eigenvalue weighted by Gasteiger charge is -2.39. The number of nitrogens with zero attached hydrogens (tertiary/aromatic N) is 3. The third kappa shape index (κ3) is 3.29. The largest absolute Gasteiger partial charge is 0.355 e. The van der Waals surface area contributed by atoms with Gasteiger partial charge >= 0.3 is 0 Å². The van der Waals surface area contributed by atoms with Gasteiger partial charge in [-0.25, -0.2) is 0 Å². The van der Waals surface area contributed by atoms with Crippen molar-refractivity contribution in [1.82, 2.24) is 10.2 Å². The Labute approximate surface area is 170 Å². The molecule has 1 aliphatic carbocycles. The van der Waals surface area contributed by atoms with Gasteiger partial charge in [0, 0.05) is 24.2 Å². The standard InChI is InChI=1S/C24H22N4O/c29-23(25-19-7-2-1-3-8-19)21-10-11-22(27-26-21)28-16-14-24(15-17-28)13-12-18-6-4-5-9-20(18)24/h1-13H,14-17H2,(H,25,29). The number of hydrogen-bond donors (Lipinski definition) is 1. The number of fused-ring (bicyclic) bond motifs is 2. The zero-order valence-electron chi connectivity index (χ0n) is 16.1. The lowest BCUT2D eigenvalue weighted by molar-refractivity contribution is 0.102. The summed E-state index contributed by atoms with van der Waals surface area (Å²) in [7, 11) is 0. The molecule has 0 saturated carbocycles. The molecule has 2 aliphatic rings. The van der Waals surface area contributed by atoms with E-state index < -0.39 is 0 Å². The Morgan fingerprint density at radius 2 is 1.66 bits per heavy atom. The van der Waals surface area contributed by atoms with Crippen LogP contribution in [0.1, 0.15) is 34.5 Å². The van der Waals surface area contributed by atoms with E-state index in [4.69, 9.17) is 0 Å². The molecule has 1 N–H and O–H groups in total. The Kier molecular flexibility index (Phi) is 4.35. The molecule has 1 amide bonds. The van der Waals surface area contributed by atoms with Gasteiger partial charge in [0.2, 0.25) is 0 Å². The van der Waals surface area contributed by atoms with Crippen LogP contribution in [0.5, 0.6) is 0 Å². The first kappa shape index (κ1) is 17.6. The Hall–Kier alpha value is -3.47. The van der Waals surface area contributed by atoms with Crippen LogP contribution in [0.2, 0.25) is 0 Å². The van der Waals surface area contributed by atoms with E-state index in [0.29, 0.717) is 5.69 Å². The van der Waals surface area contributed by atoms with Crippen molar-refractivity contribution in [3.05, 3.63) is 89.6 Å². The van der Waals surface area contributed by atoms with E-state index >= 15 is 0 Å². The summed E-state index contributed by atoms with van der Waals surface area (Å²) in [5.41, 5.74) is 4.00. The van der Waals surface area contributed by atoms with Gasteiger partial charge in [-0.3, -0.25) is 4.79 Å². The highest BCUT2D eigenvalue weighted by atomic mass is 16.1. The van der Waals surface area contributed by atoms with Gasteiger partial charge in [0.1, 0.15) is 0 Å². The number of rotatable bonds is 3. The van der Waals surface area contributed by atoms with Gasteiger partial charge in [0.05, 0.1) is 0 Å². The molecule has 0 bridgehead atoms. The minimum absolute atomic E-state index is 0.149. The molecule has 0 atom stereocenters. The molecule has 0 radical (unpaired) electrons. The number of benzene rings is 2. The molecule has 5 nitrogen and oxygen atoms in total. The lowest BCUT2D eigenvalue weighted by atomic mass is 9.74. The fourth-order valence-electron chi connectivity index (χ4n) is 4.34. The summed E-state index contributed by atoms with van der Waals surface area (Å²) >= 11 is 0. The maximum atomic E-state index is 12.4. The summed E-state index contributed by atoms with van der Waals surface area (Å²) < 4.78 is 0. The highest BCUT2D eigenvalue weighted by molar-refractivity contribution is 6.02. The van der Waals surface area contributed by atoms with Gasteiger partial charge in [0.15, 0.2) is 11.5 Å². The fraction of sp³-hybridized carbons (Fsp3) is 0.208. The molecule has 29 heavy (non-hydrogen) atoms. The zero-order chi connectivity index (χ0) is 19.7. The Morgan fingerprint density at radius 1 is 0.897 bits per heavy atom. The summed E-state index contributed by atoms with van der Waals surface area (Å²) in [6, 6.07) is 21.7. The summed E-state index contributed by atoms with van der Waals surface area (Å²) in [6.07, 6.45) is 6.74. The van der Waals surface area contributed by atoms with Crippen molar-refractivity contribution in [2.45, 2.75) is 18.3 Å². The summed E-state index contributed by atoms with van der Waals surface area (Å²) in [6.45, 7) is 1.84. The molecular formula is C24H22N4O. The molecule has 5 rings (SSSR count). The van der Waals surface area contributed by atoms with Gasteiger partial charge in [-0.1, -0.05) is 54.6 Å². The minimum atomic E-state index is -0.249. The van der Waals surface area contributed by atoms with E-state index in [9.17, 15) is 4.79 Å². The average molecular weight is 382 g/mol. The molecule has 1 fully saturated rings. The number of carbonyl (C=O) groups is 1. The van der Waals surface area contributed by atoms with Crippen LogP contribution in [0.15, 0.2) is 72.8 Å². The van der Waals surface area contributed by atoms with Crippen molar-refractivity contribution >= 4 is 23.5 Å². The van der Waals surface area contributed by atoms with E-state index in [1.807, 2.05) is 36.4 Å². The third-order valence-corrected chi connectivity index (χ3v) is 5.97. The zero-order valence-corrected chi connectivity index (χ0v) is 16.1. The van der Waals surface area contributed by atoms with E-state index in [0.717, 1.165) is 37.4 Å². The number of piperidine rings is 1. The van der Waals surface area contributed by atoms with Crippen LogP contribution in [0.3, 0.4) is 0 Å². The van der Waals surface area contributed by atoms with E-state index in [2.05, 4.69) is 56.8 Å². The van der Waals surface area contributed by atoms with Crippen LogP contribution in [0.4, 0.5) is 11.5 Å². The molecule has 3 aromatic rings. The number of allylic oxidation sites excluding steroid dienone is 1. The van der Waals surface area contributed by atoms with Crippen molar-refractivity contribution in [3.8, 4) is 0 Å². The first-order valence-corrected chi connectivity index (χ1v) is 9.97. The van der Waals surface area contributed by atoms with Crippen molar-refractivity contribution in [1.29, 1.82) is 0 Å². The van der Waals surface area contributed by atoms with Crippen molar-refractivity contribution in [3.63, 3.8) is 0 Å². The van der Waals surface area contributed by atoms with Crippen LogP contribution in [0.25, 0.3) is 6.08 Å². The minimum Gasteiger partial charge on any atom is -0.355 e. The molecule has 2 heterocycles. The molecule has 1 spiro atoms. The topological polar surface area (TPSA) is 58.1 Å². The SMILES string of the molecule is O=C(Nc1ccccc1)c1ccc(N2CCC3(C=Cc4ccccc43)CC2)nn1. The van der Waals surface area contributed by atoms with Crippen molar-refractivity contribution in [2.75, 3.05) is 23.3 Å². The lowest BCUT2D eigenvalue weighted by Crippen LogP contribution is -2.41. The predicted molar refractivity (Wildman–Crippen MR) is 115 cm³/mol. The van der Waals surface area contributed by atoms with Crippen molar-refractivity contribution < 1.29 is 4.79 Å². The second-order valence-corrected chi connectivity index (χ2v) is 7.66. The number of hydrogen-bond acceptors (Lipinski definition) is 4. The van der Waals surface area contributed by atoms with Crippen LogP contribution in [0, 0.1) is 0 Å². The first-order valence-electron chi connectivity index (χ1n) is 9.97. The Bertz CT molecular complexity index is 1050. The van der Waals surface area contributed by atoms with Crippen molar-refractivity contribution in [2.24, 2.45) is 0 Å². The number of para-hydroxylation sites is 1. The Morgan fingerprint density at radius 3 is 2.41 bits per heavy atom. The van der Waals surface area contributed by atoms with Gasteiger partial charge in [0.25, 0.3) is 5.91 Å². The van der Waals surface area contributed by atoms with Gasteiger partial charge in [-0.2, -0.15) is 0 Å². The molecule has 2 aromatic carbocycles. The molecule has 0 unspecified atom stereocenters. The smallest absolute Gasteiger partial charge is 0.276 e. The number of amides is 1. The normalized spacial score (nSPS) is 16.6. The monoisotopic (exact) mass is 382 g/mol. The third-order valence-electron chi connectivity index (χ3n) is 5.97. The number of carbonyl (C=O) groups excluding carboxylic acids is 1. The van der Waals surface area contributed by atoms with Crippen LogP contribution in [-0.4, -0.2) is 29.2 Å². The maximum absolute atomic E-state index is 12.4. The molecule has 1 aromatic heterocycles. The van der Waals surface area contributed by atoms with Gasteiger partial charge in [-0.15, -0.1) is 10.2 Å². The molecule has 1 aliphatic heterocycles. The summed E-state index contributed by atoms with van der Waals surface area (Å²) in [5, 5.41) is 11.3. The molecule has 144 valence electrons.